The van der Waals surface area contributed by atoms with Gasteiger partial charge in [-0.1, -0.05) is 56.8 Å². The SMILES string of the molecule is CCCNC(CC(C)CCC)c1cc(Cl)sc1Cl. The van der Waals surface area contributed by atoms with Gasteiger partial charge in [-0.2, -0.15) is 0 Å². The van der Waals surface area contributed by atoms with E-state index < -0.39 is 0 Å². The number of rotatable bonds is 8. The zero-order chi connectivity index (χ0) is 13.5. The van der Waals surface area contributed by atoms with Gasteiger partial charge in [0.25, 0.3) is 0 Å². The smallest absolute Gasteiger partial charge is 0.0991 e. The van der Waals surface area contributed by atoms with Crippen LogP contribution in [0.15, 0.2) is 6.07 Å². The van der Waals surface area contributed by atoms with Gasteiger partial charge in [0.2, 0.25) is 0 Å². The number of thiophene rings is 1. The lowest BCUT2D eigenvalue weighted by Crippen LogP contribution is -2.23. The molecule has 2 atom stereocenters. The van der Waals surface area contributed by atoms with Crippen LogP contribution in [0.2, 0.25) is 8.67 Å². The van der Waals surface area contributed by atoms with Crippen molar-refractivity contribution in [1.82, 2.24) is 5.32 Å². The molecule has 0 bridgehead atoms. The van der Waals surface area contributed by atoms with Crippen LogP contribution in [0.4, 0.5) is 0 Å². The molecule has 104 valence electrons. The van der Waals surface area contributed by atoms with Crippen LogP contribution in [0.25, 0.3) is 0 Å². The van der Waals surface area contributed by atoms with Crippen molar-refractivity contribution in [1.29, 1.82) is 0 Å². The van der Waals surface area contributed by atoms with Crippen LogP contribution in [0, 0.1) is 5.92 Å². The summed E-state index contributed by atoms with van der Waals surface area (Å²) in [6, 6.07) is 2.35. The monoisotopic (exact) mass is 307 g/mol. The quantitative estimate of drug-likeness (QED) is 0.628. The molecule has 0 spiro atoms. The summed E-state index contributed by atoms with van der Waals surface area (Å²) in [6.45, 7) is 7.75. The van der Waals surface area contributed by atoms with Gasteiger partial charge >= 0.3 is 0 Å². The molecular formula is C14H23Cl2NS. The third-order valence-corrected chi connectivity index (χ3v) is 4.64. The van der Waals surface area contributed by atoms with E-state index in [0.717, 1.165) is 28.1 Å². The van der Waals surface area contributed by atoms with Crippen molar-refractivity contribution in [2.24, 2.45) is 5.92 Å². The average molecular weight is 308 g/mol. The lowest BCUT2D eigenvalue weighted by molar-refractivity contribution is 0.391. The lowest BCUT2D eigenvalue weighted by Gasteiger charge is -2.22. The Morgan fingerprint density at radius 2 is 2.00 bits per heavy atom. The minimum Gasteiger partial charge on any atom is -0.310 e. The van der Waals surface area contributed by atoms with Gasteiger partial charge in [-0.25, -0.2) is 0 Å². The van der Waals surface area contributed by atoms with Crippen molar-refractivity contribution in [3.63, 3.8) is 0 Å². The van der Waals surface area contributed by atoms with Gasteiger partial charge in [0.05, 0.1) is 8.67 Å². The highest BCUT2D eigenvalue weighted by Gasteiger charge is 2.19. The molecule has 0 radical (unpaired) electrons. The van der Waals surface area contributed by atoms with Gasteiger partial charge in [0.15, 0.2) is 0 Å². The standard InChI is InChI=1S/C14H23Cl2NS/c1-4-6-10(3)8-12(17-7-5-2)11-9-13(15)18-14(11)16/h9-10,12,17H,4-8H2,1-3H3. The molecule has 1 N–H and O–H groups in total. The molecule has 4 heteroatoms. The van der Waals surface area contributed by atoms with E-state index >= 15 is 0 Å². The Morgan fingerprint density at radius 3 is 2.50 bits per heavy atom. The van der Waals surface area contributed by atoms with Crippen molar-refractivity contribution in [2.75, 3.05) is 6.54 Å². The van der Waals surface area contributed by atoms with Gasteiger partial charge in [-0.3, -0.25) is 0 Å². The summed E-state index contributed by atoms with van der Waals surface area (Å²) in [7, 11) is 0. The Bertz CT molecular complexity index is 352. The van der Waals surface area contributed by atoms with E-state index in [2.05, 4.69) is 26.1 Å². The first kappa shape index (κ1) is 16.3. The highest BCUT2D eigenvalue weighted by Crippen LogP contribution is 2.37. The van der Waals surface area contributed by atoms with E-state index in [1.807, 2.05) is 6.07 Å². The molecule has 0 saturated carbocycles. The second-order valence-corrected chi connectivity index (χ2v) is 7.20. The van der Waals surface area contributed by atoms with Crippen LogP contribution in [0.1, 0.15) is 58.1 Å². The summed E-state index contributed by atoms with van der Waals surface area (Å²) in [5, 5.41) is 3.59. The Hall–Kier alpha value is 0.240. The normalized spacial score (nSPS) is 14.7. The fourth-order valence-corrected chi connectivity index (χ4v) is 3.82. The molecule has 1 nitrogen and oxygen atoms in total. The Kier molecular flexibility index (Phi) is 7.62. The summed E-state index contributed by atoms with van der Waals surface area (Å²) in [5.74, 6) is 0.707. The van der Waals surface area contributed by atoms with Crippen LogP contribution in [-0.4, -0.2) is 6.54 Å². The van der Waals surface area contributed by atoms with Gasteiger partial charge in [-0.05, 0) is 31.4 Å². The molecule has 0 fully saturated rings. The molecule has 1 aromatic heterocycles. The molecule has 0 amide bonds. The second-order valence-electron chi connectivity index (χ2n) is 4.92. The Morgan fingerprint density at radius 1 is 1.28 bits per heavy atom. The van der Waals surface area contributed by atoms with Gasteiger partial charge in [-0.15, -0.1) is 11.3 Å². The van der Waals surface area contributed by atoms with Crippen LogP contribution in [0.5, 0.6) is 0 Å². The van der Waals surface area contributed by atoms with Crippen LogP contribution in [0.3, 0.4) is 0 Å². The topological polar surface area (TPSA) is 12.0 Å². The first-order valence-corrected chi connectivity index (χ1v) is 8.33. The molecule has 18 heavy (non-hydrogen) atoms. The van der Waals surface area contributed by atoms with Crippen LogP contribution >= 0.6 is 34.5 Å². The molecule has 0 aliphatic carbocycles. The minimum atomic E-state index is 0.336. The van der Waals surface area contributed by atoms with E-state index in [1.165, 1.54) is 29.7 Å². The molecule has 0 saturated heterocycles. The Labute approximate surface area is 125 Å². The lowest BCUT2D eigenvalue weighted by atomic mass is 9.94. The molecular weight excluding hydrogens is 285 g/mol. The molecule has 0 aliphatic heterocycles. The fraction of sp³-hybridized carbons (Fsp3) is 0.714. The van der Waals surface area contributed by atoms with Gasteiger partial charge in [0.1, 0.15) is 0 Å². The maximum Gasteiger partial charge on any atom is 0.0991 e. The maximum absolute atomic E-state index is 6.27. The Balaban J connectivity index is 2.74. The second kappa shape index (κ2) is 8.42. The summed E-state index contributed by atoms with van der Waals surface area (Å²) in [6.07, 6.45) is 4.76. The van der Waals surface area contributed by atoms with Gasteiger partial charge in [0, 0.05) is 11.6 Å². The maximum atomic E-state index is 6.27. The molecule has 1 aromatic rings. The number of hydrogen-bond acceptors (Lipinski definition) is 2. The van der Waals surface area contributed by atoms with E-state index in [-0.39, 0.29) is 0 Å². The number of halogens is 2. The molecule has 2 unspecified atom stereocenters. The minimum absolute atomic E-state index is 0.336. The zero-order valence-electron chi connectivity index (χ0n) is 11.4. The summed E-state index contributed by atoms with van der Waals surface area (Å²) in [5.41, 5.74) is 1.17. The van der Waals surface area contributed by atoms with E-state index in [0.29, 0.717) is 12.0 Å². The first-order valence-electron chi connectivity index (χ1n) is 6.76. The molecule has 1 rings (SSSR count). The molecule has 0 aliphatic rings. The largest absolute Gasteiger partial charge is 0.310 e. The van der Waals surface area contributed by atoms with E-state index in [4.69, 9.17) is 23.2 Å². The molecule has 0 aromatic carbocycles. The van der Waals surface area contributed by atoms with Crippen molar-refractivity contribution in [3.8, 4) is 0 Å². The predicted molar refractivity (Wildman–Crippen MR) is 84.1 cm³/mol. The van der Waals surface area contributed by atoms with Crippen LogP contribution in [-0.2, 0) is 0 Å². The van der Waals surface area contributed by atoms with Crippen LogP contribution < -0.4 is 5.32 Å². The first-order chi connectivity index (χ1) is 8.58. The summed E-state index contributed by atoms with van der Waals surface area (Å²) < 4.78 is 1.61. The van der Waals surface area contributed by atoms with Crippen molar-refractivity contribution in [3.05, 3.63) is 20.3 Å². The van der Waals surface area contributed by atoms with Gasteiger partial charge < -0.3 is 5.32 Å². The average Bonchev–Trinajstić information content (AvgIpc) is 2.64. The summed E-state index contributed by atoms with van der Waals surface area (Å²) >= 11 is 13.8. The highest BCUT2D eigenvalue weighted by atomic mass is 35.5. The zero-order valence-corrected chi connectivity index (χ0v) is 13.8. The number of nitrogens with one attached hydrogen (secondary N) is 1. The predicted octanol–water partition coefficient (Wildman–Crippen LogP) is 5.92. The van der Waals surface area contributed by atoms with Crippen molar-refractivity contribution in [2.45, 2.75) is 52.5 Å². The van der Waals surface area contributed by atoms with Crippen molar-refractivity contribution < 1.29 is 0 Å². The number of hydrogen-bond donors (Lipinski definition) is 1. The highest BCUT2D eigenvalue weighted by molar-refractivity contribution is 7.20. The summed E-state index contributed by atoms with van der Waals surface area (Å²) in [4.78, 5) is 0. The van der Waals surface area contributed by atoms with E-state index in [1.54, 1.807) is 0 Å². The third-order valence-electron chi connectivity index (χ3n) is 3.12. The van der Waals surface area contributed by atoms with E-state index in [9.17, 15) is 0 Å². The molecule has 1 heterocycles. The third kappa shape index (κ3) is 5.08. The fourth-order valence-electron chi connectivity index (χ4n) is 2.24. The van der Waals surface area contributed by atoms with Crippen molar-refractivity contribution >= 4 is 34.5 Å².